The van der Waals surface area contributed by atoms with Crippen LogP contribution in [-0.4, -0.2) is 89.2 Å². The predicted octanol–water partition coefficient (Wildman–Crippen LogP) is -1.43. The number of aliphatic hydroxyl groups excluding tert-OH is 2. The number of rotatable bonds is 6. The summed E-state index contributed by atoms with van der Waals surface area (Å²) in [6.45, 7) is 0.421. The number of carboxylic acid groups (broad SMARTS) is 1. The first-order valence-electron chi connectivity index (χ1n) is 6.07. The highest BCUT2D eigenvalue weighted by atomic mass is 16.5. The number of aliphatic carboxylic acids is 1. The number of carbonyl (C=O) groups is 2. The van der Waals surface area contributed by atoms with Crippen LogP contribution in [0.3, 0.4) is 0 Å². The van der Waals surface area contributed by atoms with Crippen LogP contribution in [0, 0.1) is 0 Å². The Morgan fingerprint density at radius 3 is 2.63 bits per heavy atom. The molecule has 2 amide bonds. The molecule has 3 N–H and O–H groups in total. The number of hydrogen-bond acceptors (Lipinski definition) is 5. The third kappa shape index (κ3) is 4.05. The lowest BCUT2D eigenvalue weighted by atomic mass is 10.2. The SMILES string of the molecule is COCCN(CCO)C(=O)N1C[C@@H](O)C[C@H]1C(=O)O. The molecule has 1 aliphatic rings. The molecular formula is C11H20N2O6. The second kappa shape index (κ2) is 7.27. The molecule has 1 saturated heterocycles. The first-order valence-corrected chi connectivity index (χ1v) is 6.07. The molecule has 2 atom stereocenters. The van der Waals surface area contributed by atoms with Crippen LogP contribution < -0.4 is 0 Å². The van der Waals surface area contributed by atoms with E-state index in [4.69, 9.17) is 14.9 Å². The van der Waals surface area contributed by atoms with E-state index in [0.717, 1.165) is 4.90 Å². The lowest BCUT2D eigenvalue weighted by Gasteiger charge is -2.29. The number of methoxy groups -OCH3 is 1. The Balaban J connectivity index is 2.73. The van der Waals surface area contributed by atoms with Crippen LogP contribution in [0.15, 0.2) is 0 Å². The second-order valence-electron chi connectivity index (χ2n) is 4.38. The summed E-state index contributed by atoms with van der Waals surface area (Å²) >= 11 is 0. The summed E-state index contributed by atoms with van der Waals surface area (Å²) in [6.07, 6.45) is -0.804. The third-order valence-electron chi connectivity index (χ3n) is 3.02. The van der Waals surface area contributed by atoms with Crippen molar-refractivity contribution in [2.75, 3.05) is 40.0 Å². The number of carbonyl (C=O) groups excluding carboxylic acids is 1. The van der Waals surface area contributed by atoms with Gasteiger partial charge in [-0.3, -0.25) is 0 Å². The van der Waals surface area contributed by atoms with Gasteiger partial charge in [0.05, 0.1) is 19.3 Å². The smallest absolute Gasteiger partial charge is 0.326 e. The van der Waals surface area contributed by atoms with Crippen molar-refractivity contribution in [1.29, 1.82) is 0 Å². The summed E-state index contributed by atoms with van der Waals surface area (Å²) in [7, 11) is 1.49. The molecule has 1 rings (SSSR count). The first-order chi connectivity index (χ1) is 9.01. The normalized spacial score (nSPS) is 22.6. The number of nitrogens with zero attached hydrogens (tertiary/aromatic N) is 2. The average molecular weight is 276 g/mol. The molecule has 0 aromatic rings. The van der Waals surface area contributed by atoms with E-state index in [9.17, 15) is 14.7 Å². The van der Waals surface area contributed by atoms with Crippen molar-refractivity contribution >= 4 is 12.0 Å². The van der Waals surface area contributed by atoms with E-state index in [1.54, 1.807) is 0 Å². The highest BCUT2D eigenvalue weighted by Crippen LogP contribution is 2.19. The molecule has 0 unspecified atom stereocenters. The van der Waals surface area contributed by atoms with E-state index in [1.165, 1.54) is 12.0 Å². The van der Waals surface area contributed by atoms with Gasteiger partial charge in [-0.2, -0.15) is 0 Å². The molecule has 110 valence electrons. The topological polar surface area (TPSA) is 111 Å². The molecular weight excluding hydrogens is 256 g/mol. The molecule has 8 nitrogen and oxygen atoms in total. The number of likely N-dealkylation sites (tertiary alicyclic amines) is 1. The number of aliphatic hydroxyl groups is 2. The van der Waals surface area contributed by atoms with E-state index in [2.05, 4.69) is 0 Å². The van der Waals surface area contributed by atoms with Crippen molar-refractivity contribution in [3.63, 3.8) is 0 Å². The van der Waals surface area contributed by atoms with Crippen molar-refractivity contribution in [2.24, 2.45) is 0 Å². The molecule has 0 aromatic heterocycles. The maximum atomic E-state index is 12.2. The highest BCUT2D eigenvalue weighted by molar-refractivity contribution is 5.83. The molecule has 8 heteroatoms. The van der Waals surface area contributed by atoms with E-state index in [0.29, 0.717) is 6.61 Å². The van der Waals surface area contributed by atoms with Gasteiger partial charge in [0.1, 0.15) is 6.04 Å². The van der Waals surface area contributed by atoms with Crippen LogP contribution >= 0.6 is 0 Å². The van der Waals surface area contributed by atoms with Gasteiger partial charge in [-0.05, 0) is 0 Å². The Kier molecular flexibility index (Phi) is 6.00. The van der Waals surface area contributed by atoms with Crippen LogP contribution in [0.25, 0.3) is 0 Å². The van der Waals surface area contributed by atoms with Gasteiger partial charge in [0, 0.05) is 33.2 Å². The quantitative estimate of drug-likeness (QED) is 0.548. The van der Waals surface area contributed by atoms with Gasteiger partial charge in [-0.1, -0.05) is 0 Å². The fourth-order valence-electron chi connectivity index (χ4n) is 2.07. The van der Waals surface area contributed by atoms with Gasteiger partial charge in [-0.15, -0.1) is 0 Å². The van der Waals surface area contributed by atoms with E-state index in [1.807, 2.05) is 0 Å². The van der Waals surface area contributed by atoms with Gasteiger partial charge in [0.25, 0.3) is 0 Å². The van der Waals surface area contributed by atoms with Crippen molar-refractivity contribution in [3.8, 4) is 0 Å². The Morgan fingerprint density at radius 2 is 2.11 bits per heavy atom. The minimum absolute atomic E-state index is 0.00922. The number of carboxylic acids is 1. The van der Waals surface area contributed by atoms with Gasteiger partial charge >= 0.3 is 12.0 Å². The summed E-state index contributed by atoms with van der Waals surface area (Å²) in [4.78, 5) is 25.7. The molecule has 0 radical (unpaired) electrons. The Labute approximate surface area is 111 Å². The molecule has 1 fully saturated rings. The van der Waals surface area contributed by atoms with Crippen LogP contribution in [-0.2, 0) is 9.53 Å². The van der Waals surface area contributed by atoms with Gasteiger partial charge in [-0.25, -0.2) is 9.59 Å². The molecule has 0 saturated carbocycles. The van der Waals surface area contributed by atoms with Crippen molar-refractivity contribution < 1.29 is 29.6 Å². The molecule has 0 spiro atoms. The number of amides is 2. The lowest BCUT2D eigenvalue weighted by Crippen LogP contribution is -2.49. The molecule has 19 heavy (non-hydrogen) atoms. The first kappa shape index (κ1) is 15.7. The highest BCUT2D eigenvalue weighted by Gasteiger charge is 2.40. The zero-order valence-corrected chi connectivity index (χ0v) is 10.9. The van der Waals surface area contributed by atoms with Crippen LogP contribution in [0.2, 0.25) is 0 Å². The number of hydrogen-bond donors (Lipinski definition) is 3. The van der Waals surface area contributed by atoms with E-state index in [-0.39, 0.29) is 32.7 Å². The maximum absolute atomic E-state index is 12.2. The summed E-state index contributed by atoms with van der Waals surface area (Å²) in [5, 5.41) is 27.5. The summed E-state index contributed by atoms with van der Waals surface area (Å²) in [6, 6.07) is -1.53. The Bertz CT molecular complexity index is 324. The summed E-state index contributed by atoms with van der Waals surface area (Å²) in [5.74, 6) is -1.14. The Hall–Kier alpha value is -1.38. The number of β-amino-alcohol motifs (C(OH)–C–C–N with tert-alkyl or cyclic N) is 1. The minimum atomic E-state index is -1.14. The van der Waals surface area contributed by atoms with Gasteiger partial charge < -0.3 is 29.9 Å². The molecule has 1 aliphatic heterocycles. The van der Waals surface area contributed by atoms with Crippen molar-refractivity contribution in [2.45, 2.75) is 18.6 Å². The molecule has 0 aromatic carbocycles. The largest absolute Gasteiger partial charge is 0.480 e. The zero-order chi connectivity index (χ0) is 14.4. The molecule has 0 bridgehead atoms. The number of ether oxygens (including phenoxy) is 1. The fourth-order valence-corrected chi connectivity index (χ4v) is 2.07. The van der Waals surface area contributed by atoms with Gasteiger partial charge in [0.2, 0.25) is 0 Å². The standard InChI is InChI=1S/C11H20N2O6/c1-19-5-3-12(2-4-14)11(18)13-7-8(15)6-9(13)10(16)17/h8-9,14-15H,2-7H2,1H3,(H,16,17)/t8-,9-/m0/s1. The fraction of sp³-hybridized carbons (Fsp3) is 0.818. The Morgan fingerprint density at radius 1 is 1.42 bits per heavy atom. The van der Waals surface area contributed by atoms with E-state index >= 15 is 0 Å². The van der Waals surface area contributed by atoms with Crippen molar-refractivity contribution in [3.05, 3.63) is 0 Å². The molecule has 1 heterocycles. The monoisotopic (exact) mass is 276 g/mol. The minimum Gasteiger partial charge on any atom is -0.480 e. The van der Waals surface area contributed by atoms with Crippen LogP contribution in [0.5, 0.6) is 0 Å². The van der Waals surface area contributed by atoms with Crippen molar-refractivity contribution in [1.82, 2.24) is 9.80 Å². The molecule has 0 aliphatic carbocycles. The number of urea groups is 1. The summed E-state index contributed by atoms with van der Waals surface area (Å²) in [5.41, 5.74) is 0. The zero-order valence-electron chi connectivity index (χ0n) is 10.9. The third-order valence-corrected chi connectivity index (χ3v) is 3.02. The van der Waals surface area contributed by atoms with Crippen LogP contribution in [0.4, 0.5) is 4.79 Å². The average Bonchev–Trinajstić information content (AvgIpc) is 2.76. The van der Waals surface area contributed by atoms with Gasteiger partial charge in [0.15, 0.2) is 0 Å². The maximum Gasteiger partial charge on any atom is 0.326 e. The predicted molar refractivity (Wildman–Crippen MR) is 64.7 cm³/mol. The lowest BCUT2D eigenvalue weighted by molar-refractivity contribution is -0.141. The summed E-state index contributed by atoms with van der Waals surface area (Å²) < 4.78 is 4.87. The second-order valence-corrected chi connectivity index (χ2v) is 4.38. The van der Waals surface area contributed by atoms with E-state index < -0.39 is 24.1 Å². The van der Waals surface area contributed by atoms with Crippen LogP contribution in [0.1, 0.15) is 6.42 Å².